The van der Waals surface area contributed by atoms with Crippen molar-refractivity contribution in [1.29, 1.82) is 0 Å². The standard InChI is InChI=1S/C19H18ClN5O2S/c1-10-14(20)17(27)25-18(22-10)28-19(23-25)24-9-12-7-13(12)15(24)16(26)21-8-11-5-3-2-4-6-11/h2-6,12-13,15H,7-9H2,1H3,(H,21,26). The van der Waals surface area contributed by atoms with Crippen LogP contribution in [0.5, 0.6) is 0 Å². The van der Waals surface area contributed by atoms with Crippen LogP contribution in [0.15, 0.2) is 35.1 Å². The maximum Gasteiger partial charge on any atom is 0.294 e. The van der Waals surface area contributed by atoms with Crippen LogP contribution in [0.2, 0.25) is 5.02 Å². The third kappa shape index (κ3) is 2.87. The highest BCUT2D eigenvalue weighted by Crippen LogP contribution is 2.51. The summed E-state index contributed by atoms with van der Waals surface area (Å²) in [7, 11) is 0. The Morgan fingerprint density at radius 1 is 1.36 bits per heavy atom. The van der Waals surface area contributed by atoms with Crippen molar-refractivity contribution >= 4 is 38.9 Å². The van der Waals surface area contributed by atoms with E-state index in [4.69, 9.17) is 11.6 Å². The van der Waals surface area contributed by atoms with Crippen LogP contribution in [0.4, 0.5) is 5.13 Å². The lowest BCUT2D eigenvalue weighted by Crippen LogP contribution is -2.45. The number of nitrogens with one attached hydrogen (secondary N) is 1. The normalized spacial score (nSPS) is 23.1. The van der Waals surface area contributed by atoms with E-state index in [0.29, 0.717) is 34.2 Å². The molecule has 7 nitrogen and oxygen atoms in total. The van der Waals surface area contributed by atoms with E-state index in [-0.39, 0.29) is 22.5 Å². The number of nitrogens with zero attached hydrogens (tertiary/aromatic N) is 4. The van der Waals surface area contributed by atoms with Gasteiger partial charge in [-0.15, -0.1) is 5.10 Å². The van der Waals surface area contributed by atoms with Crippen LogP contribution in [-0.4, -0.2) is 33.1 Å². The first-order chi connectivity index (χ1) is 13.5. The van der Waals surface area contributed by atoms with E-state index in [0.717, 1.165) is 18.5 Å². The third-order valence-corrected chi connectivity index (χ3v) is 6.86. The van der Waals surface area contributed by atoms with Crippen molar-refractivity contribution in [3.63, 3.8) is 0 Å². The Hall–Kier alpha value is -2.45. The topological polar surface area (TPSA) is 79.6 Å². The fourth-order valence-electron chi connectivity index (χ4n) is 3.92. The van der Waals surface area contributed by atoms with Crippen LogP contribution < -0.4 is 15.8 Å². The molecule has 1 saturated heterocycles. The summed E-state index contributed by atoms with van der Waals surface area (Å²) in [6.07, 6.45) is 1.06. The Morgan fingerprint density at radius 3 is 2.93 bits per heavy atom. The first-order valence-electron chi connectivity index (χ1n) is 9.17. The number of halogens is 1. The third-order valence-electron chi connectivity index (χ3n) is 5.48. The Kier molecular flexibility index (Phi) is 4.13. The maximum atomic E-state index is 12.9. The summed E-state index contributed by atoms with van der Waals surface area (Å²) in [5.74, 6) is 0.856. The van der Waals surface area contributed by atoms with E-state index >= 15 is 0 Å². The summed E-state index contributed by atoms with van der Waals surface area (Å²) in [5, 5.41) is 8.19. The molecule has 3 heterocycles. The van der Waals surface area contributed by atoms with Crippen LogP contribution >= 0.6 is 22.9 Å². The number of piperidine rings is 1. The SMILES string of the molecule is Cc1nc2sc(N3CC4CC4C3C(=O)NCc3ccccc3)nn2c(=O)c1Cl. The molecule has 3 unspecified atom stereocenters. The van der Waals surface area contributed by atoms with Crippen LogP contribution in [0.3, 0.4) is 0 Å². The molecule has 1 amide bonds. The summed E-state index contributed by atoms with van der Waals surface area (Å²) < 4.78 is 1.23. The van der Waals surface area contributed by atoms with Gasteiger partial charge in [0.05, 0.1) is 5.69 Å². The van der Waals surface area contributed by atoms with Gasteiger partial charge in [0.2, 0.25) is 16.0 Å². The molecule has 1 aliphatic heterocycles. The van der Waals surface area contributed by atoms with Gasteiger partial charge < -0.3 is 10.2 Å². The lowest BCUT2D eigenvalue weighted by molar-refractivity contribution is -0.122. The zero-order chi connectivity index (χ0) is 19.4. The molecule has 1 aromatic carbocycles. The summed E-state index contributed by atoms with van der Waals surface area (Å²) in [4.78, 5) is 32.2. The molecule has 3 aromatic rings. The van der Waals surface area contributed by atoms with Crippen LogP contribution in [0.1, 0.15) is 17.7 Å². The lowest BCUT2D eigenvalue weighted by Gasteiger charge is -2.25. The average molecular weight is 416 g/mol. The van der Waals surface area contributed by atoms with Gasteiger partial charge in [-0.05, 0) is 30.7 Å². The average Bonchev–Trinajstić information content (AvgIpc) is 3.16. The van der Waals surface area contributed by atoms with Gasteiger partial charge >= 0.3 is 0 Å². The number of anilines is 1. The molecule has 0 radical (unpaired) electrons. The zero-order valence-corrected chi connectivity index (χ0v) is 16.7. The molecule has 28 heavy (non-hydrogen) atoms. The summed E-state index contributed by atoms with van der Waals surface area (Å²) in [5.41, 5.74) is 1.18. The number of rotatable bonds is 4. The first-order valence-corrected chi connectivity index (χ1v) is 10.4. The summed E-state index contributed by atoms with van der Waals surface area (Å²) in [6.45, 7) is 2.97. The summed E-state index contributed by atoms with van der Waals surface area (Å²) >= 11 is 7.34. The Balaban J connectivity index is 1.42. The molecule has 2 aliphatic rings. The van der Waals surface area contributed by atoms with E-state index in [1.807, 2.05) is 35.2 Å². The van der Waals surface area contributed by atoms with Crippen molar-refractivity contribution in [2.75, 3.05) is 11.4 Å². The van der Waals surface area contributed by atoms with Crippen molar-refractivity contribution in [1.82, 2.24) is 19.9 Å². The van der Waals surface area contributed by atoms with Gasteiger partial charge in [0.15, 0.2) is 0 Å². The number of hydrogen-bond acceptors (Lipinski definition) is 6. The largest absolute Gasteiger partial charge is 0.350 e. The number of benzene rings is 1. The van der Waals surface area contributed by atoms with E-state index in [2.05, 4.69) is 15.4 Å². The lowest BCUT2D eigenvalue weighted by atomic mass is 10.1. The van der Waals surface area contributed by atoms with Crippen molar-refractivity contribution in [2.24, 2.45) is 11.8 Å². The summed E-state index contributed by atoms with van der Waals surface area (Å²) in [6, 6.07) is 9.59. The number of fused-ring (bicyclic) bond motifs is 2. The quantitative estimate of drug-likeness (QED) is 0.707. The van der Waals surface area contributed by atoms with Crippen molar-refractivity contribution in [3.8, 4) is 0 Å². The molecular weight excluding hydrogens is 398 g/mol. The van der Waals surface area contributed by atoms with Gasteiger partial charge in [-0.3, -0.25) is 9.59 Å². The van der Waals surface area contributed by atoms with Crippen LogP contribution in [0.25, 0.3) is 4.96 Å². The maximum absolute atomic E-state index is 12.9. The minimum absolute atomic E-state index is 0.00243. The number of carbonyl (C=O) groups is 1. The minimum Gasteiger partial charge on any atom is -0.350 e. The molecular formula is C19H18ClN5O2S. The van der Waals surface area contributed by atoms with E-state index < -0.39 is 0 Å². The number of aromatic nitrogens is 3. The molecule has 1 saturated carbocycles. The number of amides is 1. The molecule has 5 rings (SSSR count). The van der Waals surface area contributed by atoms with Gasteiger partial charge in [0.1, 0.15) is 11.1 Å². The highest BCUT2D eigenvalue weighted by molar-refractivity contribution is 7.20. The number of hydrogen-bond donors (Lipinski definition) is 1. The Morgan fingerprint density at radius 2 is 2.14 bits per heavy atom. The van der Waals surface area contributed by atoms with E-state index in [1.54, 1.807) is 6.92 Å². The molecule has 3 atom stereocenters. The fourth-order valence-corrected chi connectivity index (χ4v) is 5.03. The van der Waals surface area contributed by atoms with Gasteiger partial charge in [0.25, 0.3) is 5.56 Å². The van der Waals surface area contributed by atoms with Crippen LogP contribution in [-0.2, 0) is 11.3 Å². The van der Waals surface area contributed by atoms with Crippen molar-refractivity contribution in [2.45, 2.75) is 25.9 Å². The molecule has 9 heteroatoms. The molecule has 2 aromatic heterocycles. The zero-order valence-electron chi connectivity index (χ0n) is 15.1. The molecule has 0 bridgehead atoms. The second-order valence-electron chi connectivity index (χ2n) is 7.36. The highest BCUT2D eigenvalue weighted by Gasteiger charge is 2.56. The Labute approximate surface area is 170 Å². The fraction of sp³-hybridized carbons (Fsp3) is 0.368. The van der Waals surface area contributed by atoms with Gasteiger partial charge in [-0.1, -0.05) is 53.3 Å². The number of aryl methyl sites for hydroxylation is 1. The molecule has 1 aliphatic carbocycles. The highest BCUT2D eigenvalue weighted by atomic mass is 35.5. The van der Waals surface area contributed by atoms with Gasteiger partial charge in [-0.2, -0.15) is 4.52 Å². The van der Waals surface area contributed by atoms with Crippen molar-refractivity contribution in [3.05, 3.63) is 57.0 Å². The predicted molar refractivity (Wildman–Crippen MR) is 108 cm³/mol. The molecule has 0 spiro atoms. The second-order valence-corrected chi connectivity index (χ2v) is 8.67. The van der Waals surface area contributed by atoms with E-state index in [9.17, 15) is 9.59 Å². The molecule has 144 valence electrons. The Bertz CT molecular complexity index is 1130. The van der Waals surface area contributed by atoms with Gasteiger partial charge in [-0.25, -0.2) is 4.98 Å². The number of carbonyl (C=O) groups excluding carboxylic acids is 1. The minimum atomic E-state index is -0.374. The second kappa shape index (κ2) is 6.56. The monoisotopic (exact) mass is 415 g/mol. The first kappa shape index (κ1) is 17.6. The van der Waals surface area contributed by atoms with Gasteiger partial charge in [0, 0.05) is 13.1 Å². The van der Waals surface area contributed by atoms with Crippen LogP contribution in [0, 0.1) is 18.8 Å². The smallest absolute Gasteiger partial charge is 0.294 e. The molecule has 2 fully saturated rings. The van der Waals surface area contributed by atoms with E-state index in [1.165, 1.54) is 15.9 Å². The molecule has 1 N–H and O–H groups in total. The van der Waals surface area contributed by atoms with Crippen molar-refractivity contribution < 1.29 is 4.79 Å². The predicted octanol–water partition coefficient (Wildman–Crippen LogP) is 2.25.